The second-order valence-electron chi connectivity index (χ2n) is 6.66. The third-order valence-corrected chi connectivity index (χ3v) is 4.21. The van der Waals surface area contributed by atoms with Crippen LogP contribution >= 0.6 is 0 Å². The van der Waals surface area contributed by atoms with Crippen LogP contribution in [-0.2, 0) is 4.74 Å². The summed E-state index contributed by atoms with van der Waals surface area (Å²) in [6.07, 6.45) is 5.66. The van der Waals surface area contributed by atoms with Crippen LogP contribution in [0, 0.1) is 0 Å². The number of hydrogen-bond acceptors (Lipinski definition) is 7. The summed E-state index contributed by atoms with van der Waals surface area (Å²) < 4.78 is 11.3. The average Bonchev–Trinajstić information content (AvgIpc) is 3.10. The van der Waals surface area contributed by atoms with Crippen LogP contribution in [0.4, 0.5) is 5.82 Å². The van der Waals surface area contributed by atoms with E-state index in [1.807, 2.05) is 0 Å². The number of aromatic nitrogens is 4. The lowest BCUT2D eigenvalue weighted by atomic mass is 10.1. The largest absolute Gasteiger partial charge is 0.383 e. The van der Waals surface area contributed by atoms with Crippen molar-refractivity contribution < 1.29 is 9.26 Å². The highest BCUT2D eigenvalue weighted by Crippen LogP contribution is 2.40. The molecule has 1 aliphatic heterocycles. The summed E-state index contributed by atoms with van der Waals surface area (Å²) in [5.41, 5.74) is 6.48. The van der Waals surface area contributed by atoms with E-state index in [4.69, 9.17) is 15.0 Å². The van der Waals surface area contributed by atoms with E-state index in [1.54, 1.807) is 6.20 Å². The first kappa shape index (κ1) is 13.6. The number of nitrogens with zero attached hydrogens (tertiary/aromatic N) is 4. The molecule has 116 valence electrons. The van der Waals surface area contributed by atoms with Gasteiger partial charge in [-0.15, -0.1) is 0 Å². The minimum absolute atomic E-state index is 0.145. The molecule has 0 unspecified atom stereocenters. The van der Waals surface area contributed by atoms with Gasteiger partial charge >= 0.3 is 0 Å². The van der Waals surface area contributed by atoms with Crippen LogP contribution in [0.3, 0.4) is 0 Å². The fourth-order valence-electron chi connectivity index (χ4n) is 2.75. The second-order valence-corrected chi connectivity index (χ2v) is 6.66. The van der Waals surface area contributed by atoms with E-state index in [0.717, 1.165) is 31.5 Å². The second kappa shape index (κ2) is 4.74. The van der Waals surface area contributed by atoms with Gasteiger partial charge in [-0.3, -0.25) is 0 Å². The van der Waals surface area contributed by atoms with Crippen molar-refractivity contribution in [2.45, 2.75) is 57.2 Å². The number of rotatable bonds is 3. The molecule has 2 aromatic heterocycles. The van der Waals surface area contributed by atoms with Gasteiger partial charge in [-0.25, -0.2) is 9.97 Å². The summed E-state index contributed by atoms with van der Waals surface area (Å²) in [6.45, 7) is 4.12. The van der Waals surface area contributed by atoms with Crippen LogP contribution in [-0.4, -0.2) is 25.7 Å². The van der Waals surface area contributed by atoms with E-state index in [2.05, 4.69) is 34.0 Å². The third-order valence-electron chi connectivity index (χ3n) is 4.21. The minimum Gasteiger partial charge on any atom is -0.383 e. The molecule has 0 radical (unpaired) electrons. The van der Waals surface area contributed by atoms with Gasteiger partial charge in [0.15, 0.2) is 0 Å². The number of anilines is 1. The van der Waals surface area contributed by atoms with Gasteiger partial charge in [0.1, 0.15) is 17.7 Å². The van der Waals surface area contributed by atoms with E-state index >= 15 is 0 Å². The molecule has 0 amide bonds. The topological polar surface area (TPSA) is 100.0 Å². The van der Waals surface area contributed by atoms with Crippen molar-refractivity contribution in [3.8, 4) is 11.4 Å². The van der Waals surface area contributed by atoms with Crippen LogP contribution < -0.4 is 5.73 Å². The van der Waals surface area contributed by atoms with Gasteiger partial charge in [-0.1, -0.05) is 5.16 Å². The summed E-state index contributed by atoms with van der Waals surface area (Å²) in [6, 6.07) is 0. The number of ether oxygens (including phenoxy) is 1. The molecule has 1 aliphatic carbocycles. The van der Waals surface area contributed by atoms with E-state index in [0.29, 0.717) is 29.0 Å². The lowest BCUT2D eigenvalue weighted by Gasteiger charge is -2.17. The molecule has 2 N–H and O–H groups in total. The fourth-order valence-corrected chi connectivity index (χ4v) is 2.75. The molecule has 0 aromatic carbocycles. The molecule has 0 spiro atoms. The first-order valence-electron chi connectivity index (χ1n) is 7.66. The quantitative estimate of drug-likeness (QED) is 0.929. The monoisotopic (exact) mass is 301 g/mol. The molecule has 2 aliphatic rings. The zero-order valence-corrected chi connectivity index (χ0v) is 12.7. The van der Waals surface area contributed by atoms with Crippen LogP contribution in [0.5, 0.6) is 0 Å². The highest BCUT2D eigenvalue weighted by molar-refractivity contribution is 5.66. The molecule has 4 rings (SSSR count). The summed E-state index contributed by atoms with van der Waals surface area (Å²) in [5.74, 6) is 2.59. The maximum atomic E-state index is 6.02. The Labute approximate surface area is 128 Å². The number of hydrogen-bond donors (Lipinski definition) is 1. The van der Waals surface area contributed by atoms with Crippen LogP contribution in [0.1, 0.15) is 63.3 Å². The van der Waals surface area contributed by atoms with Gasteiger partial charge in [0.25, 0.3) is 5.89 Å². The lowest BCUT2D eigenvalue weighted by molar-refractivity contribution is -0.0292. The van der Waals surface area contributed by atoms with Crippen LogP contribution in [0.15, 0.2) is 10.7 Å². The molecule has 7 heteroatoms. The molecule has 3 heterocycles. The zero-order valence-electron chi connectivity index (χ0n) is 12.7. The van der Waals surface area contributed by atoms with E-state index < -0.39 is 0 Å². The van der Waals surface area contributed by atoms with Gasteiger partial charge in [-0.05, 0) is 39.5 Å². The number of nitrogens with two attached hydrogens (primary N) is 1. The molecular formula is C15H19N5O2. The highest BCUT2D eigenvalue weighted by Gasteiger charge is 2.36. The molecule has 0 bridgehead atoms. The van der Waals surface area contributed by atoms with Crippen molar-refractivity contribution in [2.24, 2.45) is 0 Å². The van der Waals surface area contributed by atoms with E-state index in [-0.39, 0.29) is 11.7 Å². The first-order valence-corrected chi connectivity index (χ1v) is 7.66. The lowest BCUT2D eigenvalue weighted by Crippen LogP contribution is -2.17. The van der Waals surface area contributed by atoms with Crippen molar-refractivity contribution in [3.05, 3.63) is 17.9 Å². The predicted molar refractivity (Wildman–Crippen MR) is 78.9 cm³/mol. The summed E-state index contributed by atoms with van der Waals surface area (Å²) in [4.78, 5) is 13.1. The Morgan fingerprint density at radius 3 is 2.68 bits per heavy atom. The van der Waals surface area contributed by atoms with Crippen molar-refractivity contribution in [2.75, 3.05) is 5.73 Å². The molecule has 2 fully saturated rings. The number of nitrogen functional groups attached to an aromatic ring is 1. The Morgan fingerprint density at radius 2 is 2.05 bits per heavy atom. The van der Waals surface area contributed by atoms with E-state index in [1.165, 1.54) is 0 Å². The van der Waals surface area contributed by atoms with Gasteiger partial charge < -0.3 is 15.0 Å². The zero-order chi connectivity index (χ0) is 15.3. The van der Waals surface area contributed by atoms with Gasteiger partial charge in [0.2, 0.25) is 5.82 Å². The van der Waals surface area contributed by atoms with Gasteiger partial charge in [0, 0.05) is 12.1 Å². The Bertz CT molecular complexity index is 708. The molecule has 22 heavy (non-hydrogen) atoms. The van der Waals surface area contributed by atoms with Gasteiger partial charge in [-0.2, -0.15) is 4.98 Å². The maximum absolute atomic E-state index is 6.02. The average molecular weight is 301 g/mol. The van der Waals surface area contributed by atoms with Gasteiger partial charge in [0.05, 0.1) is 11.2 Å². The SMILES string of the molecule is CC1(C)CC[C@@H](c2nc(-c3cnc(C4CC4)nc3N)no2)O1. The Hall–Kier alpha value is -2.02. The summed E-state index contributed by atoms with van der Waals surface area (Å²) >= 11 is 0. The Balaban J connectivity index is 1.59. The first-order chi connectivity index (χ1) is 10.5. The smallest absolute Gasteiger partial charge is 0.256 e. The minimum atomic E-state index is -0.149. The van der Waals surface area contributed by atoms with Crippen molar-refractivity contribution >= 4 is 5.82 Å². The molecule has 1 saturated heterocycles. The third kappa shape index (κ3) is 2.45. The standard InChI is InChI=1S/C15H19N5O2/c1-15(2)6-5-10(21-15)14-19-13(20-22-14)9-7-17-12(8-3-4-8)18-11(9)16/h7-8,10H,3-6H2,1-2H3,(H2,16,17,18)/t10-/m0/s1. The Morgan fingerprint density at radius 1 is 1.23 bits per heavy atom. The molecular weight excluding hydrogens is 282 g/mol. The van der Waals surface area contributed by atoms with Crippen molar-refractivity contribution in [3.63, 3.8) is 0 Å². The van der Waals surface area contributed by atoms with Crippen LogP contribution in [0.25, 0.3) is 11.4 Å². The maximum Gasteiger partial charge on any atom is 0.256 e. The molecule has 2 aromatic rings. The van der Waals surface area contributed by atoms with Crippen molar-refractivity contribution in [1.29, 1.82) is 0 Å². The van der Waals surface area contributed by atoms with Crippen LogP contribution in [0.2, 0.25) is 0 Å². The highest BCUT2D eigenvalue weighted by atomic mass is 16.5. The normalized spacial score (nSPS) is 23.8. The summed E-state index contributed by atoms with van der Waals surface area (Å²) in [5, 5.41) is 4.00. The van der Waals surface area contributed by atoms with E-state index in [9.17, 15) is 0 Å². The molecule has 1 saturated carbocycles. The van der Waals surface area contributed by atoms with Crippen molar-refractivity contribution in [1.82, 2.24) is 20.1 Å². The predicted octanol–water partition coefficient (Wildman–Crippen LogP) is 2.62. The molecule has 1 atom stereocenters. The molecule has 7 nitrogen and oxygen atoms in total. The Kier molecular flexibility index (Phi) is 2.94. The summed E-state index contributed by atoms with van der Waals surface area (Å²) in [7, 11) is 0. The fraction of sp³-hybridized carbons (Fsp3) is 0.600.